The predicted octanol–water partition coefficient (Wildman–Crippen LogP) is 3.49. The van der Waals surface area contributed by atoms with Gasteiger partial charge in [-0.15, -0.1) is 0 Å². The van der Waals surface area contributed by atoms with Crippen molar-refractivity contribution in [3.63, 3.8) is 0 Å². The first-order valence-corrected chi connectivity index (χ1v) is 5.51. The summed E-state index contributed by atoms with van der Waals surface area (Å²) >= 11 is 0. The summed E-state index contributed by atoms with van der Waals surface area (Å²) in [6.07, 6.45) is -3.85. The van der Waals surface area contributed by atoms with Crippen molar-refractivity contribution in [3.05, 3.63) is 47.5 Å². The lowest BCUT2D eigenvalue weighted by Gasteiger charge is -2.11. The Morgan fingerprint density at radius 1 is 1.24 bits per heavy atom. The summed E-state index contributed by atoms with van der Waals surface area (Å²) in [6.45, 7) is 0. The summed E-state index contributed by atoms with van der Waals surface area (Å²) in [7, 11) is 0. The second kappa shape index (κ2) is 5.28. The molecule has 21 heavy (non-hydrogen) atoms. The summed E-state index contributed by atoms with van der Waals surface area (Å²) < 4.78 is 56.1. The number of nitrogens with zero attached hydrogens (tertiary/aromatic N) is 2. The quantitative estimate of drug-likeness (QED) is 0.861. The highest BCUT2D eigenvalue weighted by atomic mass is 19.4. The maximum Gasteiger partial charge on any atom is 0.433 e. The molecule has 0 radical (unpaired) electrons. The fourth-order valence-electron chi connectivity index (χ4n) is 1.47. The van der Waals surface area contributed by atoms with Crippen molar-refractivity contribution in [2.75, 3.05) is 5.73 Å². The second-order valence-electron chi connectivity index (χ2n) is 3.96. The normalized spacial score (nSPS) is 11.0. The van der Waals surface area contributed by atoms with E-state index in [0.29, 0.717) is 6.07 Å². The van der Waals surface area contributed by atoms with E-state index in [4.69, 9.17) is 15.7 Å². The van der Waals surface area contributed by atoms with Crippen LogP contribution in [0.5, 0.6) is 11.5 Å². The predicted molar refractivity (Wildman–Crippen MR) is 64.8 cm³/mol. The third-order valence-corrected chi connectivity index (χ3v) is 2.47. The van der Waals surface area contributed by atoms with Crippen LogP contribution >= 0.6 is 0 Å². The average Bonchev–Trinajstić information content (AvgIpc) is 2.40. The number of nitriles is 1. The van der Waals surface area contributed by atoms with E-state index in [9.17, 15) is 17.6 Å². The molecule has 0 bridgehead atoms. The van der Waals surface area contributed by atoms with Crippen molar-refractivity contribution in [2.24, 2.45) is 0 Å². The van der Waals surface area contributed by atoms with Crippen molar-refractivity contribution in [1.29, 1.82) is 5.26 Å². The molecular weight excluding hydrogens is 290 g/mol. The lowest BCUT2D eigenvalue weighted by molar-refractivity contribution is -0.141. The van der Waals surface area contributed by atoms with Crippen molar-refractivity contribution in [1.82, 2.24) is 4.98 Å². The van der Waals surface area contributed by atoms with E-state index >= 15 is 0 Å². The summed E-state index contributed by atoms with van der Waals surface area (Å²) in [5, 5.41) is 8.59. The number of rotatable bonds is 2. The highest BCUT2D eigenvalue weighted by molar-refractivity contribution is 5.53. The van der Waals surface area contributed by atoms with Crippen LogP contribution < -0.4 is 10.5 Å². The Bertz CT molecular complexity index is 722. The number of aromatic nitrogens is 1. The second-order valence-corrected chi connectivity index (χ2v) is 3.96. The number of pyridine rings is 1. The fraction of sp³-hybridized carbons (Fsp3) is 0.0769. The van der Waals surface area contributed by atoms with Gasteiger partial charge in [-0.3, -0.25) is 0 Å². The molecule has 0 aliphatic carbocycles. The molecule has 1 heterocycles. The summed E-state index contributed by atoms with van der Waals surface area (Å²) in [6, 6.07) is 5.50. The van der Waals surface area contributed by atoms with E-state index in [2.05, 4.69) is 4.98 Å². The molecule has 0 aliphatic heterocycles. The van der Waals surface area contributed by atoms with Crippen molar-refractivity contribution in [2.45, 2.75) is 6.18 Å². The van der Waals surface area contributed by atoms with Crippen LogP contribution in [0.3, 0.4) is 0 Å². The minimum atomic E-state index is -4.65. The van der Waals surface area contributed by atoms with Gasteiger partial charge in [-0.2, -0.15) is 18.4 Å². The van der Waals surface area contributed by atoms with E-state index in [1.54, 1.807) is 6.07 Å². The standard InChI is InChI=1S/C13H7F4N3O/c14-9-3-8(2-1-7(9)5-18)21-11-4-12(13(15,16)17)20-6-10(11)19/h1-4,6H,19H2. The molecule has 8 heteroatoms. The molecule has 0 aliphatic rings. The van der Waals surface area contributed by atoms with Gasteiger partial charge in [0.1, 0.15) is 23.3 Å². The van der Waals surface area contributed by atoms with E-state index in [-0.39, 0.29) is 22.7 Å². The van der Waals surface area contributed by atoms with Crippen molar-refractivity contribution >= 4 is 5.69 Å². The number of hydrogen-bond donors (Lipinski definition) is 1. The SMILES string of the molecule is N#Cc1ccc(Oc2cc(C(F)(F)F)ncc2N)cc1F. The van der Waals surface area contributed by atoms with Gasteiger partial charge < -0.3 is 10.5 Å². The average molecular weight is 297 g/mol. The molecule has 0 atom stereocenters. The number of hydrogen-bond acceptors (Lipinski definition) is 4. The van der Waals surface area contributed by atoms with E-state index in [1.165, 1.54) is 6.07 Å². The number of alkyl halides is 3. The maximum absolute atomic E-state index is 13.4. The largest absolute Gasteiger partial charge is 0.455 e. The first kappa shape index (κ1) is 14.6. The molecule has 1 aromatic heterocycles. The molecule has 0 amide bonds. The highest BCUT2D eigenvalue weighted by Gasteiger charge is 2.33. The Morgan fingerprint density at radius 3 is 2.52 bits per heavy atom. The van der Waals surface area contributed by atoms with Crippen LogP contribution in [-0.4, -0.2) is 4.98 Å². The molecule has 108 valence electrons. The van der Waals surface area contributed by atoms with Crippen LogP contribution in [0.15, 0.2) is 30.5 Å². The van der Waals surface area contributed by atoms with E-state index in [1.807, 2.05) is 0 Å². The first-order chi connectivity index (χ1) is 9.81. The van der Waals surface area contributed by atoms with Gasteiger partial charge in [0, 0.05) is 12.1 Å². The number of halogens is 4. The van der Waals surface area contributed by atoms with Crippen LogP contribution in [0, 0.1) is 17.1 Å². The Balaban J connectivity index is 2.35. The lowest BCUT2D eigenvalue weighted by atomic mass is 10.2. The smallest absolute Gasteiger partial charge is 0.433 e. The van der Waals surface area contributed by atoms with Crippen molar-refractivity contribution < 1.29 is 22.3 Å². The zero-order chi connectivity index (χ0) is 15.6. The Hall–Kier alpha value is -2.82. The number of ether oxygens (including phenoxy) is 1. The zero-order valence-corrected chi connectivity index (χ0v) is 10.3. The topological polar surface area (TPSA) is 71.9 Å². The molecular formula is C13H7F4N3O. The molecule has 1 aromatic carbocycles. The van der Waals surface area contributed by atoms with Gasteiger partial charge in [0.2, 0.25) is 0 Å². The number of anilines is 1. The fourth-order valence-corrected chi connectivity index (χ4v) is 1.47. The Morgan fingerprint density at radius 2 is 1.95 bits per heavy atom. The van der Waals surface area contributed by atoms with Crippen LogP contribution in [0.1, 0.15) is 11.3 Å². The summed E-state index contributed by atoms with van der Waals surface area (Å²) in [5.41, 5.74) is 3.95. The van der Waals surface area contributed by atoms with Gasteiger partial charge in [-0.25, -0.2) is 9.37 Å². The van der Waals surface area contributed by atoms with Gasteiger partial charge in [-0.05, 0) is 12.1 Å². The number of benzene rings is 1. The first-order valence-electron chi connectivity index (χ1n) is 5.51. The lowest BCUT2D eigenvalue weighted by Crippen LogP contribution is -2.08. The Kier molecular flexibility index (Phi) is 3.67. The molecule has 0 saturated heterocycles. The van der Waals surface area contributed by atoms with E-state index < -0.39 is 17.7 Å². The molecule has 2 aromatic rings. The highest BCUT2D eigenvalue weighted by Crippen LogP contribution is 2.34. The van der Waals surface area contributed by atoms with Gasteiger partial charge in [0.05, 0.1) is 17.4 Å². The van der Waals surface area contributed by atoms with Crippen molar-refractivity contribution in [3.8, 4) is 17.6 Å². The van der Waals surface area contributed by atoms with Crippen LogP contribution in [0.2, 0.25) is 0 Å². The van der Waals surface area contributed by atoms with Gasteiger partial charge in [0.15, 0.2) is 5.75 Å². The minimum absolute atomic E-state index is 0.0856. The van der Waals surface area contributed by atoms with Gasteiger partial charge in [0.25, 0.3) is 0 Å². The third kappa shape index (κ3) is 3.20. The van der Waals surface area contributed by atoms with Crippen LogP contribution in [-0.2, 0) is 6.18 Å². The summed E-state index contributed by atoms with van der Waals surface area (Å²) in [4.78, 5) is 3.15. The number of nitrogens with two attached hydrogens (primary N) is 1. The summed E-state index contributed by atoms with van der Waals surface area (Å²) in [5.74, 6) is -1.24. The Labute approximate surface area is 116 Å². The molecule has 0 spiro atoms. The molecule has 2 rings (SSSR count). The number of nitrogen functional groups attached to an aromatic ring is 1. The molecule has 4 nitrogen and oxygen atoms in total. The zero-order valence-electron chi connectivity index (χ0n) is 10.3. The van der Waals surface area contributed by atoms with Gasteiger partial charge >= 0.3 is 6.18 Å². The molecule has 2 N–H and O–H groups in total. The molecule has 0 saturated carbocycles. The third-order valence-electron chi connectivity index (χ3n) is 2.47. The monoisotopic (exact) mass is 297 g/mol. The van der Waals surface area contributed by atoms with E-state index in [0.717, 1.165) is 18.3 Å². The van der Waals surface area contributed by atoms with Crippen LogP contribution in [0.4, 0.5) is 23.2 Å². The minimum Gasteiger partial charge on any atom is -0.455 e. The van der Waals surface area contributed by atoms with Gasteiger partial charge in [-0.1, -0.05) is 0 Å². The maximum atomic E-state index is 13.4. The molecule has 0 fully saturated rings. The molecule has 0 unspecified atom stereocenters. The van der Waals surface area contributed by atoms with Crippen LogP contribution in [0.25, 0.3) is 0 Å².